The number of carbonyl (C=O) groups excluding carboxylic acids is 11. The van der Waals surface area contributed by atoms with Gasteiger partial charge < -0.3 is 120 Å². The Balaban J connectivity index is 0.534. The molecule has 10 rings (SSSR count). The number of ketones is 2. The molecule has 3 aromatic carbocycles. The number of urea groups is 1. The molecule has 4 fully saturated rings. The number of primary amides is 1. The van der Waals surface area contributed by atoms with Gasteiger partial charge in [0.2, 0.25) is 41.4 Å². The van der Waals surface area contributed by atoms with Crippen LogP contribution in [0.3, 0.4) is 0 Å². The number of aliphatic hydroxyl groups is 1. The van der Waals surface area contributed by atoms with Crippen LogP contribution < -0.4 is 53.2 Å². The summed E-state index contributed by atoms with van der Waals surface area (Å²) in [5, 5.41) is 42.3. The van der Waals surface area contributed by atoms with E-state index in [-0.39, 0.29) is 192 Å². The molecule has 2 aliphatic heterocycles. The van der Waals surface area contributed by atoms with Crippen LogP contribution in [0.25, 0.3) is 22.5 Å². The average Bonchev–Trinajstić information content (AvgIpc) is 1.51. The van der Waals surface area contributed by atoms with Crippen LogP contribution >= 0.6 is 0 Å². The van der Waals surface area contributed by atoms with Crippen molar-refractivity contribution in [1.29, 1.82) is 0 Å². The lowest BCUT2D eigenvalue weighted by molar-refractivity contribution is -0.201. The summed E-state index contributed by atoms with van der Waals surface area (Å²) < 4.78 is 107. The number of nitrogens with two attached hydrogens (primary N) is 1. The van der Waals surface area contributed by atoms with Crippen LogP contribution in [-0.4, -0.2) is 298 Å². The van der Waals surface area contributed by atoms with E-state index in [0.717, 1.165) is 35.2 Å². The van der Waals surface area contributed by atoms with Crippen LogP contribution in [0.2, 0.25) is 0 Å². The van der Waals surface area contributed by atoms with Crippen molar-refractivity contribution >= 4 is 86.5 Å². The maximum absolute atomic E-state index is 14.7. The zero-order chi connectivity index (χ0) is 96.9. The van der Waals surface area contributed by atoms with Gasteiger partial charge >= 0.3 is 12.1 Å². The standard InChI is InChI=1S/C93H133N13O28S/c1-7-13-81-133-76-55-71-69-24-21-65-54-67(107)27-30-91(65,5)82(69)74(108)56-92(71,6)93(76,134-81)75(109)59-131-60-98-86(114)62(4)99-90(118)132-58-63-19-22-66(23-20-63)100-87(115)72(17-12-31-97-89(94)117)101-88(116)83(61(2)3)102-79(112)29-36-123-40-44-127-48-51-130-52-49-128-45-41-124-37-32-95-77(110)25-26-80(113)105-57-64-14-8-9-15-68(64)85-84(70-16-10-11-18-73(70)105)103-104-106(85)34-38-125-42-46-129-50-47-126-43-39-122-35-28-78(111)96-33-53-135(119,120)121/h8-11,14-16,18-20,22-23,27,30,54,61-62,69,71-72,74,76,81-83,108H,7,12-13,17,21,24-26,28-29,31-53,55-60H2,1-6H3,(H,95,110)(H,96,111)(H,98,114)(H,99,118)(H,100,115)(H,101,116)(H,102,112)(H3,94,97,117)(H,119,120,121)/t62-,69-,71-,72-,74-,76+,81?,82+,83-,91-,92-,93+/m0/s1. The second-order valence-corrected chi connectivity index (χ2v) is 36.2. The molecule has 744 valence electrons. The van der Waals surface area contributed by atoms with Crippen LogP contribution in [0.1, 0.15) is 130 Å². The molecule has 12 atom stereocenters. The summed E-state index contributed by atoms with van der Waals surface area (Å²) in [5.74, 6) is -4.77. The third-order valence-corrected chi connectivity index (χ3v) is 25.6. The van der Waals surface area contributed by atoms with Gasteiger partial charge in [0.15, 0.2) is 23.5 Å². The number of nitrogens with one attached hydrogen (secondary N) is 8. The number of Topliss-reactive ketones (excluding diaryl/α,β-unsaturated/α-hetero) is 1. The fourth-order valence-electron chi connectivity index (χ4n) is 18.2. The first-order valence-electron chi connectivity index (χ1n) is 46.3. The first-order chi connectivity index (χ1) is 64.9. The molecule has 41 nitrogen and oxygen atoms in total. The van der Waals surface area contributed by atoms with E-state index in [4.69, 9.17) is 71.9 Å². The maximum Gasteiger partial charge on any atom is 0.408 e. The van der Waals surface area contributed by atoms with Gasteiger partial charge in [-0.2, -0.15) is 8.42 Å². The number of aliphatic hydroxyl groups excluding tert-OH is 1. The van der Waals surface area contributed by atoms with E-state index in [1.807, 2.05) is 68.5 Å². The van der Waals surface area contributed by atoms with Crippen molar-refractivity contribution in [2.24, 2.45) is 40.2 Å². The van der Waals surface area contributed by atoms with Crippen LogP contribution in [0.15, 0.2) is 96.6 Å². The highest BCUT2D eigenvalue weighted by Crippen LogP contribution is 2.70. The molecule has 3 heterocycles. The molecule has 6 aliphatic rings. The molecule has 1 unspecified atom stereocenters. The van der Waals surface area contributed by atoms with Crippen LogP contribution in [-0.2, 0) is 135 Å². The Morgan fingerprint density at radius 2 is 1.27 bits per heavy atom. The summed E-state index contributed by atoms with van der Waals surface area (Å²) in [7, 11) is -4.15. The molecule has 1 saturated heterocycles. The first-order valence-corrected chi connectivity index (χ1v) is 47.9. The molecular weight excluding hydrogens is 1780 g/mol. The number of alkyl carbamates (subject to hydrolysis) is 1. The predicted octanol–water partition coefficient (Wildman–Crippen LogP) is 4.44. The van der Waals surface area contributed by atoms with E-state index in [1.165, 1.54) is 6.92 Å². The minimum atomic E-state index is -4.15. The van der Waals surface area contributed by atoms with Crippen molar-refractivity contribution in [3.63, 3.8) is 0 Å². The van der Waals surface area contributed by atoms with Crippen molar-refractivity contribution in [1.82, 2.24) is 52.2 Å². The van der Waals surface area contributed by atoms with E-state index in [2.05, 4.69) is 59.8 Å². The van der Waals surface area contributed by atoms with Gasteiger partial charge in [-0.1, -0.05) is 112 Å². The zero-order valence-corrected chi connectivity index (χ0v) is 78.6. The van der Waals surface area contributed by atoms with Gasteiger partial charge in [0.25, 0.3) is 10.1 Å². The summed E-state index contributed by atoms with van der Waals surface area (Å²) >= 11 is 0. The van der Waals surface area contributed by atoms with E-state index < -0.39 is 123 Å². The van der Waals surface area contributed by atoms with E-state index >= 15 is 0 Å². The maximum atomic E-state index is 14.7. The fourth-order valence-corrected chi connectivity index (χ4v) is 18.6. The number of hydrogen-bond donors (Lipinski definition) is 11. The molecular formula is C93H133N13O28S. The Labute approximate surface area is 786 Å². The Morgan fingerprint density at radius 1 is 0.659 bits per heavy atom. The SMILES string of the molecule is CCCC1O[C@@H]2C[C@H]3[C@@H]4CCC5=CC(=O)C=C[C@]5(C)[C@H]4[C@@H](O)C[C@]3(C)[C@]2(C(=O)COCNC(=O)[C@H](C)NC(=O)OCc2ccc(NC(=O)[C@H](CCCNC(N)=O)NC(=O)[C@@H](NC(=O)CCOCCOCCOCCOCCOCCNC(=O)CCC(=O)N3Cc4ccccc4-c4c(nnn4CCOCCOCCOCCOCCC(=O)NCCS(=O)(=O)O)-c4ccccc43)C(C)C)cc2)O1. The number of carbonyl (C=O) groups is 11. The third-order valence-electron chi connectivity index (χ3n) is 24.9. The number of ether oxygens (including phenoxy) is 13. The first kappa shape index (κ1) is 107. The van der Waals surface area contributed by atoms with Gasteiger partial charge in [-0.3, -0.25) is 47.7 Å². The second-order valence-electron chi connectivity index (χ2n) is 34.7. The lowest BCUT2D eigenvalue weighted by atomic mass is 9.46. The summed E-state index contributed by atoms with van der Waals surface area (Å²) in [6.45, 7) is 15.5. The van der Waals surface area contributed by atoms with Crippen molar-refractivity contribution in [2.75, 3.05) is 168 Å². The predicted molar refractivity (Wildman–Crippen MR) is 488 cm³/mol. The van der Waals surface area contributed by atoms with Crippen molar-refractivity contribution < 1.29 is 132 Å². The Hall–Kier alpha value is -10.2. The number of para-hydroxylation sites is 1. The van der Waals surface area contributed by atoms with Crippen molar-refractivity contribution in [2.45, 2.75) is 181 Å². The van der Waals surface area contributed by atoms with Gasteiger partial charge in [0.1, 0.15) is 43.8 Å². The highest BCUT2D eigenvalue weighted by Gasteiger charge is 2.76. The molecule has 4 aliphatic carbocycles. The molecule has 4 aromatic rings. The van der Waals surface area contributed by atoms with Crippen molar-refractivity contribution in [3.8, 4) is 22.5 Å². The summed E-state index contributed by atoms with van der Waals surface area (Å²) in [5.41, 5.74) is 8.86. The van der Waals surface area contributed by atoms with E-state index in [1.54, 1.807) is 59.8 Å². The number of benzene rings is 3. The second kappa shape index (κ2) is 53.5. The lowest BCUT2D eigenvalue weighted by Gasteiger charge is -2.59. The van der Waals surface area contributed by atoms with Crippen LogP contribution in [0.5, 0.6) is 0 Å². The lowest BCUT2D eigenvalue weighted by Crippen LogP contribution is -2.63. The molecule has 42 heteroatoms. The molecule has 3 saturated carbocycles. The number of nitrogens with zero attached hydrogens (tertiary/aromatic N) is 4. The fraction of sp³-hybridized carbons (Fsp3) is 0.624. The number of aromatic nitrogens is 3. The summed E-state index contributed by atoms with van der Waals surface area (Å²) in [4.78, 5) is 146. The van der Waals surface area contributed by atoms with Crippen molar-refractivity contribution in [3.05, 3.63) is 108 Å². The number of rotatable bonds is 60. The average molecular weight is 1910 g/mol. The van der Waals surface area contributed by atoms with Gasteiger partial charge in [-0.05, 0) is 111 Å². The quantitative estimate of drug-likeness (QED) is 0.0165. The molecule has 1 aromatic heterocycles. The van der Waals surface area contributed by atoms with E-state index in [9.17, 15) is 66.3 Å². The van der Waals surface area contributed by atoms with Gasteiger partial charge in [0, 0.05) is 78.9 Å². The number of fused-ring (bicyclic) bond motifs is 12. The Morgan fingerprint density at radius 3 is 1.91 bits per heavy atom. The summed E-state index contributed by atoms with van der Waals surface area (Å²) in [6.07, 6.45) is 6.15. The Kier molecular flexibility index (Phi) is 42.4. The highest BCUT2D eigenvalue weighted by molar-refractivity contribution is 7.85. The molecule has 0 radical (unpaired) electrons. The van der Waals surface area contributed by atoms with E-state index in [0.29, 0.717) is 107 Å². The van der Waals surface area contributed by atoms with Gasteiger partial charge in [-0.15, -0.1) is 5.10 Å². The van der Waals surface area contributed by atoms with Crippen LogP contribution in [0, 0.1) is 34.5 Å². The molecule has 0 spiro atoms. The normalized spacial score (nSPS) is 21.4. The molecule has 0 bridgehead atoms. The smallest absolute Gasteiger partial charge is 0.408 e. The minimum absolute atomic E-state index is 0.0280. The van der Waals surface area contributed by atoms with Gasteiger partial charge in [0.05, 0.1) is 161 Å². The number of allylic oxidation sites excluding steroid dienone is 4. The van der Waals surface area contributed by atoms with Crippen LogP contribution in [0.4, 0.5) is 21.0 Å². The zero-order valence-electron chi connectivity index (χ0n) is 77.8. The molecule has 135 heavy (non-hydrogen) atoms. The van der Waals surface area contributed by atoms with Gasteiger partial charge in [-0.25, -0.2) is 14.3 Å². The third kappa shape index (κ3) is 31.2. The number of anilines is 2. The summed E-state index contributed by atoms with van der Waals surface area (Å²) in [6, 6.07) is 17.5. The Bertz CT molecular complexity index is 4790. The minimum Gasteiger partial charge on any atom is -0.445 e. The molecule has 10 amide bonds. The highest BCUT2D eigenvalue weighted by atomic mass is 32.2. The number of amides is 10. The number of hydrogen-bond acceptors (Lipinski definition) is 29. The monoisotopic (exact) mass is 1910 g/mol. The topological polar surface area (TPSA) is 539 Å². The molecule has 12 N–H and O–H groups in total. The largest absolute Gasteiger partial charge is 0.445 e.